The van der Waals surface area contributed by atoms with Gasteiger partial charge in [0.05, 0.1) is 27.8 Å². The molecular weight excluding hydrogens is 385 g/mol. The predicted octanol–water partition coefficient (Wildman–Crippen LogP) is 5.91. The summed E-state index contributed by atoms with van der Waals surface area (Å²) in [6.45, 7) is 7.40. The zero-order chi connectivity index (χ0) is 19.1. The summed E-state index contributed by atoms with van der Waals surface area (Å²) in [7, 11) is 0. The number of amides is 1. The van der Waals surface area contributed by atoms with E-state index in [1.165, 1.54) is 6.07 Å². The first-order valence-corrected chi connectivity index (χ1v) is 9.51. The molecule has 0 bridgehead atoms. The van der Waals surface area contributed by atoms with E-state index in [1.54, 1.807) is 13.8 Å². The fourth-order valence-corrected chi connectivity index (χ4v) is 3.34. The Morgan fingerprint density at radius 1 is 1.16 bits per heavy atom. The van der Waals surface area contributed by atoms with Crippen LogP contribution < -0.4 is 5.32 Å². The smallest absolute Gasteiger partial charge is 0.309 e. The molecule has 0 saturated heterocycles. The van der Waals surface area contributed by atoms with Gasteiger partial charge in [-0.15, -0.1) is 0 Å². The van der Waals surface area contributed by atoms with Crippen molar-refractivity contribution in [3.8, 4) is 0 Å². The van der Waals surface area contributed by atoms with Crippen molar-refractivity contribution in [2.75, 3.05) is 5.32 Å². The summed E-state index contributed by atoms with van der Waals surface area (Å²) in [5.41, 5.74) is 0.903. The zero-order valence-electron chi connectivity index (χ0n) is 14.9. The molecule has 0 aliphatic rings. The van der Waals surface area contributed by atoms with E-state index in [0.29, 0.717) is 42.0 Å². The number of carbonyl (C=O) groups excluding carboxylic acids is 2. The minimum absolute atomic E-state index is 0.175. The monoisotopic (exact) mass is 407 g/mol. The van der Waals surface area contributed by atoms with E-state index in [-0.39, 0.29) is 33.9 Å². The summed E-state index contributed by atoms with van der Waals surface area (Å²) in [6, 6.07) is 1.53. The highest BCUT2D eigenvalue weighted by Gasteiger charge is 2.24. The van der Waals surface area contributed by atoms with Crippen molar-refractivity contribution in [1.82, 2.24) is 0 Å². The van der Waals surface area contributed by atoms with E-state index in [9.17, 15) is 9.59 Å². The lowest BCUT2D eigenvalue weighted by Crippen LogP contribution is -2.23. The third-order valence-electron chi connectivity index (χ3n) is 3.64. The van der Waals surface area contributed by atoms with Gasteiger partial charge in [-0.05, 0) is 44.7 Å². The van der Waals surface area contributed by atoms with Crippen LogP contribution in [0.25, 0.3) is 0 Å². The van der Waals surface area contributed by atoms with E-state index in [4.69, 9.17) is 39.5 Å². The average molecular weight is 409 g/mol. The molecule has 0 aliphatic heterocycles. The molecule has 1 rings (SSSR count). The third-order valence-corrected chi connectivity index (χ3v) is 4.69. The summed E-state index contributed by atoms with van der Waals surface area (Å²) in [6.07, 6.45) is 1.77. The van der Waals surface area contributed by atoms with E-state index < -0.39 is 0 Å². The molecule has 4 nitrogen and oxygen atoms in total. The number of nitrogens with one attached hydrogen (secondary N) is 1. The summed E-state index contributed by atoms with van der Waals surface area (Å²) in [4.78, 5) is 24.1. The SMILES string of the molecule is CCCC(=O)Nc1c(Cl)cc(Cl)c(CC(CC)C(=O)OC(C)C)c1Cl. The van der Waals surface area contributed by atoms with Crippen LogP contribution in [0, 0.1) is 5.92 Å². The Hall–Kier alpha value is -0.970. The van der Waals surface area contributed by atoms with Crippen molar-refractivity contribution in [2.24, 2.45) is 5.92 Å². The van der Waals surface area contributed by atoms with Crippen molar-refractivity contribution in [1.29, 1.82) is 0 Å². The first kappa shape index (κ1) is 22.1. The molecule has 1 N–H and O–H groups in total. The Bertz CT molecular complexity index is 632. The zero-order valence-corrected chi connectivity index (χ0v) is 17.2. The maximum absolute atomic E-state index is 12.2. The van der Waals surface area contributed by atoms with Gasteiger partial charge in [-0.1, -0.05) is 48.7 Å². The van der Waals surface area contributed by atoms with Gasteiger partial charge < -0.3 is 10.1 Å². The number of rotatable bonds is 8. The normalized spacial score (nSPS) is 12.2. The van der Waals surface area contributed by atoms with E-state index in [1.807, 2.05) is 13.8 Å². The largest absolute Gasteiger partial charge is 0.463 e. The highest BCUT2D eigenvalue weighted by atomic mass is 35.5. The average Bonchev–Trinajstić information content (AvgIpc) is 2.51. The quantitative estimate of drug-likeness (QED) is 0.544. The van der Waals surface area contributed by atoms with E-state index in [0.717, 1.165) is 0 Å². The Balaban J connectivity index is 3.13. The molecule has 0 aliphatic carbocycles. The first-order valence-electron chi connectivity index (χ1n) is 8.37. The van der Waals surface area contributed by atoms with Crippen LogP contribution in [0.5, 0.6) is 0 Å². The second kappa shape index (κ2) is 10.2. The topological polar surface area (TPSA) is 55.4 Å². The molecule has 0 radical (unpaired) electrons. The van der Waals surface area contributed by atoms with Gasteiger partial charge >= 0.3 is 5.97 Å². The molecule has 25 heavy (non-hydrogen) atoms. The number of carbonyl (C=O) groups is 2. The molecule has 0 heterocycles. The molecule has 0 aromatic heterocycles. The molecule has 7 heteroatoms. The second-order valence-corrected chi connectivity index (χ2v) is 7.29. The van der Waals surface area contributed by atoms with Gasteiger partial charge in [-0.25, -0.2) is 0 Å². The number of ether oxygens (including phenoxy) is 1. The van der Waals surface area contributed by atoms with Gasteiger partial charge in [0.2, 0.25) is 5.91 Å². The van der Waals surface area contributed by atoms with Crippen LogP contribution in [0.2, 0.25) is 15.1 Å². The number of esters is 1. The maximum atomic E-state index is 12.2. The van der Waals surface area contributed by atoms with Gasteiger partial charge in [0.1, 0.15) is 0 Å². The number of benzene rings is 1. The Kier molecular flexibility index (Phi) is 9.04. The van der Waals surface area contributed by atoms with Gasteiger partial charge in [-0.2, -0.15) is 0 Å². The van der Waals surface area contributed by atoms with Gasteiger partial charge in [0, 0.05) is 11.4 Å². The van der Waals surface area contributed by atoms with Crippen molar-refractivity contribution >= 4 is 52.4 Å². The van der Waals surface area contributed by atoms with Crippen molar-refractivity contribution in [3.63, 3.8) is 0 Å². The first-order chi connectivity index (χ1) is 11.7. The van der Waals surface area contributed by atoms with Gasteiger partial charge in [0.15, 0.2) is 0 Å². The van der Waals surface area contributed by atoms with Gasteiger partial charge in [-0.3, -0.25) is 9.59 Å². The maximum Gasteiger partial charge on any atom is 0.309 e. The molecule has 1 atom stereocenters. The highest BCUT2D eigenvalue weighted by Crippen LogP contribution is 2.39. The van der Waals surface area contributed by atoms with Crippen LogP contribution in [0.4, 0.5) is 5.69 Å². The van der Waals surface area contributed by atoms with E-state index >= 15 is 0 Å². The molecule has 0 spiro atoms. The minimum atomic E-state index is -0.377. The summed E-state index contributed by atoms with van der Waals surface area (Å²) >= 11 is 18.9. The standard InChI is InChI=1S/C18H24Cl3NO3/c1-5-7-15(23)22-17-14(20)9-13(19)12(16(17)21)8-11(6-2)18(24)25-10(3)4/h9-11H,5-8H2,1-4H3,(H,22,23). The van der Waals surface area contributed by atoms with Crippen LogP contribution in [0.1, 0.15) is 52.5 Å². The number of hydrogen-bond acceptors (Lipinski definition) is 3. The molecule has 0 fully saturated rings. The Labute approximate surface area is 164 Å². The van der Waals surface area contributed by atoms with E-state index in [2.05, 4.69) is 5.32 Å². The summed E-state index contributed by atoms with van der Waals surface area (Å²) < 4.78 is 5.28. The minimum Gasteiger partial charge on any atom is -0.463 e. The Morgan fingerprint density at radius 2 is 1.80 bits per heavy atom. The third kappa shape index (κ3) is 6.36. The number of hydrogen-bond donors (Lipinski definition) is 1. The number of anilines is 1. The van der Waals surface area contributed by atoms with Crippen LogP contribution in [-0.4, -0.2) is 18.0 Å². The lowest BCUT2D eigenvalue weighted by Gasteiger charge is -2.19. The van der Waals surface area contributed by atoms with Gasteiger partial charge in [0.25, 0.3) is 0 Å². The fraction of sp³-hybridized carbons (Fsp3) is 0.556. The number of halogens is 3. The molecule has 140 valence electrons. The van der Waals surface area contributed by atoms with Crippen LogP contribution >= 0.6 is 34.8 Å². The molecule has 1 amide bonds. The molecule has 1 aromatic rings. The van der Waals surface area contributed by atoms with Crippen LogP contribution in [0.3, 0.4) is 0 Å². The lowest BCUT2D eigenvalue weighted by atomic mass is 9.96. The van der Waals surface area contributed by atoms with Crippen LogP contribution in [-0.2, 0) is 20.7 Å². The van der Waals surface area contributed by atoms with Crippen molar-refractivity contribution in [3.05, 3.63) is 26.7 Å². The van der Waals surface area contributed by atoms with Crippen LogP contribution in [0.15, 0.2) is 6.07 Å². The fourth-order valence-electron chi connectivity index (χ4n) is 2.33. The second-order valence-electron chi connectivity index (χ2n) is 6.10. The van der Waals surface area contributed by atoms with Crippen molar-refractivity contribution < 1.29 is 14.3 Å². The predicted molar refractivity (Wildman–Crippen MR) is 104 cm³/mol. The molecule has 1 unspecified atom stereocenters. The molecule has 0 saturated carbocycles. The lowest BCUT2D eigenvalue weighted by molar-refractivity contribution is -0.152. The Morgan fingerprint density at radius 3 is 2.32 bits per heavy atom. The summed E-state index contributed by atoms with van der Waals surface area (Å²) in [5, 5.41) is 3.61. The summed E-state index contributed by atoms with van der Waals surface area (Å²) in [5.74, 6) is -0.847. The molecular formula is C18H24Cl3NO3. The molecule has 1 aromatic carbocycles. The highest BCUT2D eigenvalue weighted by molar-refractivity contribution is 6.43. The van der Waals surface area contributed by atoms with Crippen molar-refractivity contribution in [2.45, 2.75) is 59.5 Å².